The van der Waals surface area contributed by atoms with Gasteiger partial charge in [-0.1, -0.05) is 80.6 Å². The van der Waals surface area contributed by atoms with Crippen LogP contribution in [0.1, 0.15) is 56.7 Å². The fourth-order valence-corrected chi connectivity index (χ4v) is 6.15. The summed E-state index contributed by atoms with van der Waals surface area (Å²) in [5, 5.41) is 8.32. The van der Waals surface area contributed by atoms with Crippen molar-refractivity contribution in [3.05, 3.63) is 83.4 Å². The molecule has 216 valence electrons. The second kappa shape index (κ2) is 12.8. The molecule has 7 heteroatoms. The van der Waals surface area contributed by atoms with E-state index >= 15 is 0 Å². The molecule has 0 aliphatic carbocycles. The molecule has 0 unspecified atom stereocenters. The van der Waals surface area contributed by atoms with Gasteiger partial charge in [0.05, 0.1) is 0 Å². The molecular weight excluding hydrogens is 512 g/mol. The maximum atomic E-state index is 13.8. The molecule has 0 saturated carbocycles. The third kappa shape index (κ3) is 6.89. The number of nitrogens with one attached hydrogen (secondary N) is 2. The van der Waals surface area contributed by atoms with E-state index in [9.17, 15) is 14.4 Å². The van der Waals surface area contributed by atoms with Crippen molar-refractivity contribution in [2.75, 3.05) is 13.1 Å². The number of hydrogen-bond acceptors (Lipinski definition) is 3. The normalized spacial score (nSPS) is 18.2. The minimum absolute atomic E-state index is 0.0567. The summed E-state index contributed by atoms with van der Waals surface area (Å²) >= 11 is 0. The average molecular weight is 555 g/mol. The lowest BCUT2D eigenvalue weighted by Crippen LogP contribution is -2.57. The van der Waals surface area contributed by atoms with E-state index in [4.69, 9.17) is 0 Å². The van der Waals surface area contributed by atoms with E-state index in [1.54, 1.807) is 4.90 Å². The Morgan fingerprint density at radius 1 is 0.878 bits per heavy atom. The number of nitrogens with zero attached hydrogens (tertiary/aromatic N) is 2. The van der Waals surface area contributed by atoms with E-state index in [0.29, 0.717) is 32.5 Å². The molecule has 3 aromatic rings. The molecule has 4 amide bonds. The van der Waals surface area contributed by atoms with E-state index < -0.39 is 12.1 Å². The zero-order valence-electron chi connectivity index (χ0n) is 24.4. The average Bonchev–Trinajstić information content (AvgIpc) is 3.41. The highest BCUT2D eigenvalue weighted by atomic mass is 16.2. The molecule has 0 bridgehead atoms. The lowest BCUT2D eigenvalue weighted by atomic mass is 9.99. The van der Waals surface area contributed by atoms with Crippen molar-refractivity contribution in [1.29, 1.82) is 0 Å². The Morgan fingerprint density at radius 2 is 1.61 bits per heavy atom. The van der Waals surface area contributed by atoms with Crippen molar-refractivity contribution in [3.63, 3.8) is 0 Å². The van der Waals surface area contributed by atoms with Crippen LogP contribution in [0.15, 0.2) is 66.7 Å². The van der Waals surface area contributed by atoms with Gasteiger partial charge in [0.1, 0.15) is 12.1 Å². The highest BCUT2D eigenvalue weighted by Gasteiger charge is 2.34. The summed E-state index contributed by atoms with van der Waals surface area (Å²) in [6, 6.07) is 20.9. The van der Waals surface area contributed by atoms with E-state index in [2.05, 4.69) is 54.0 Å². The van der Waals surface area contributed by atoms with Crippen molar-refractivity contribution in [3.8, 4) is 0 Å². The van der Waals surface area contributed by atoms with Crippen LogP contribution < -0.4 is 10.6 Å². The molecule has 3 aromatic carbocycles. The third-order valence-electron chi connectivity index (χ3n) is 8.44. The Bertz CT molecular complexity index is 1400. The van der Waals surface area contributed by atoms with Crippen molar-refractivity contribution in [2.24, 2.45) is 5.92 Å². The summed E-state index contributed by atoms with van der Waals surface area (Å²) in [6.07, 6.45) is 3.60. The van der Waals surface area contributed by atoms with Crippen LogP contribution in [0.25, 0.3) is 10.8 Å². The van der Waals surface area contributed by atoms with Crippen LogP contribution >= 0.6 is 0 Å². The molecule has 41 heavy (non-hydrogen) atoms. The molecule has 2 heterocycles. The number of fused-ring (bicyclic) bond motifs is 2. The summed E-state index contributed by atoms with van der Waals surface area (Å²) < 4.78 is 0. The Kier molecular flexibility index (Phi) is 8.91. The first-order chi connectivity index (χ1) is 19.8. The SMILES string of the molecule is CC(C)C[C@H](NC(=O)N1CCc2ccccc2C1)C(=O)N[C@@H](Cc1ccc2ccccc2c1)C(=O)N1CCC[C@H]1C. The summed E-state index contributed by atoms with van der Waals surface area (Å²) in [5.41, 5.74) is 3.39. The Labute approximate surface area is 243 Å². The minimum Gasteiger partial charge on any atom is -0.342 e. The smallest absolute Gasteiger partial charge is 0.318 e. The summed E-state index contributed by atoms with van der Waals surface area (Å²) in [5.74, 6) is -0.185. The van der Waals surface area contributed by atoms with E-state index in [1.165, 1.54) is 5.56 Å². The van der Waals surface area contributed by atoms with Crippen molar-refractivity contribution in [2.45, 2.75) is 77.5 Å². The topological polar surface area (TPSA) is 81.8 Å². The highest BCUT2D eigenvalue weighted by molar-refractivity contribution is 5.92. The Hall–Kier alpha value is -3.87. The number of amides is 4. The molecule has 2 aliphatic heterocycles. The predicted octanol–water partition coefficient (Wildman–Crippen LogP) is 5.06. The second-order valence-electron chi connectivity index (χ2n) is 12.0. The van der Waals surface area contributed by atoms with Gasteiger partial charge in [-0.3, -0.25) is 9.59 Å². The monoisotopic (exact) mass is 554 g/mol. The van der Waals surface area contributed by atoms with Crippen LogP contribution in [0.2, 0.25) is 0 Å². The van der Waals surface area contributed by atoms with Gasteiger partial charge in [0.2, 0.25) is 11.8 Å². The number of rotatable bonds is 8. The van der Waals surface area contributed by atoms with Crippen molar-refractivity contribution in [1.82, 2.24) is 20.4 Å². The molecule has 0 aromatic heterocycles. The number of benzene rings is 3. The summed E-state index contributed by atoms with van der Waals surface area (Å²) in [7, 11) is 0. The number of hydrogen-bond donors (Lipinski definition) is 2. The standard InChI is InChI=1S/C34H42N4O3/c1-23(2)19-30(36-34(41)37-18-16-27-11-5-7-13-29(27)22-37)32(39)35-31(33(40)38-17-8-9-24(38)3)21-25-14-15-26-10-4-6-12-28(26)20-25/h4-7,10-15,20,23-24,30-31H,8-9,16-19,21-22H2,1-3H3,(H,35,39)(H,36,41)/t24-,30+,31+/m1/s1. The first-order valence-corrected chi connectivity index (χ1v) is 15.0. The van der Waals surface area contributed by atoms with Gasteiger partial charge < -0.3 is 20.4 Å². The maximum absolute atomic E-state index is 13.8. The van der Waals surface area contributed by atoms with Gasteiger partial charge in [0, 0.05) is 32.1 Å². The number of urea groups is 1. The zero-order valence-corrected chi connectivity index (χ0v) is 24.4. The van der Waals surface area contributed by atoms with Crippen LogP contribution in [0.5, 0.6) is 0 Å². The number of carbonyl (C=O) groups excluding carboxylic acids is 3. The molecule has 3 atom stereocenters. The van der Waals surface area contributed by atoms with E-state index in [0.717, 1.165) is 41.2 Å². The third-order valence-corrected chi connectivity index (χ3v) is 8.44. The van der Waals surface area contributed by atoms with Gasteiger partial charge in [0.15, 0.2) is 0 Å². The first kappa shape index (κ1) is 28.7. The number of likely N-dealkylation sites (tertiary alicyclic amines) is 1. The summed E-state index contributed by atoms with van der Waals surface area (Å²) in [6.45, 7) is 7.97. The zero-order chi connectivity index (χ0) is 28.9. The second-order valence-corrected chi connectivity index (χ2v) is 12.0. The van der Waals surface area contributed by atoms with Gasteiger partial charge in [-0.2, -0.15) is 0 Å². The maximum Gasteiger partial charge on any atom is 0.318 e. The molecule has 2 N–H and O–H groups in total. The van der Waals surface area contributed by atoms with E-state index in [1.807, 2.05) is 49.1 Å². The van der Waals surface area contributed by atoms with Crippen molar-refractivity contribution >= 4 is 28.6 Å². The highest BCUT2D eigenvalue weighted by Crippen LogP contribution is 2.22. The van der Waals surface area contributed by atoms with E-state index in [-0.39, 0.29) is 29.8 Å². The molecule has 5 rings (SSSR count). The Morgan fingerprint density at radius 3 is 2.34 bits per heavy atom. The van der Waals surface area contributed by atoms with Gasteiger partial charge in [-0.25, -0.2) is 4.79 Å². The molecule has 1 fully saturated rings. The van der Waals surface area contributed by atoms with Crippen LogP contribution in [-0.2, 0) is 29.0 Å². The fourth-order valence-electron chi connectivity index (χ4n) is 6.15. The predicted molar refractivity (Wildman–Crippen MR) is 162 cm³/mol. The molecule has 2 aliphatic rings. The Balaban J connectivity index is 1.33. The van der Waals surface area contributed by atoms with Gasteiger partial charge >= 0.3 is 6.03 Å². The quantitative estimate of drug-likeness (QED) is 0.408. The fraction of sp³-hybridized carbons (Fsp3) is 0.441. The van der Waals surface area contributed by atoms with Crippen molar-refractivity contribution < 1.29 is 14.4 Å². The first-order valence-electron chi connectivity index (χ1n) is 15.0. The lowest BCUT2D eigenvalue weighted by molar-refractivity contribution is -0.137. The van der Waals surface area contributed by atoms with Crippen LogP contribution in [0, 0.1) is 5.92 Å². The lowest BCUT2D eigenvalue weighted by Gasteiger charge is -2.32. The largest absolute Gasteiger partial charge is 0.342 e. The van der Waals surface area contributed by atoms with Crippen LogP contribution in [-0.4, -0.2) is 58.9 Å². The molecular formula is C34H42N4O3. The molecule has 0 spiro atoms. The summed E-state index contributed by atoms with van der Waals surface area (Å²) in [4.78, 5) is 44.6. The minimum atomic E-state index is -0.734. The van der Waals surface area contributed by atoms with Gasteiger partial charge in [0.25, 0.3) is 0 Å². The molecule has 7 nitrogen and oxygen atoms in total. The van der Waals surface area contributed by atoms with Gasteiger partial charge in [-0.05, 0) is 66.0 Å². The van der Waals surface area contributed by atoms with Gasteiger partial charge in [-0.15, -0.1) is 0 Å². The molecule has 1 saturated heterocycles. The van der Waals surface area contributed by atoms with Crippen LogP contribution in [0.4, 0.5) is 4.79 Å². The molecule has 0 radical (unpaired) electrons. The number of carbonyl (C=O) groups is 3. The van der Waals surface area contributed by atoms with Crippen LogP contribution in [0.3, 0.4) is 0 Å².